The monoisotopic (exact) mass is 472 g/mol. The summed E-state index contributed by atoms with van der Waals surface area (Å²) in [4.78, 5) is 41.2. The van der Waals surface area contributed by atoms with Gasteiger partial charge in [-0.1, -0.05) is 55.0 Å². The minimum Gasteiger partial charge on any atom is -0.350 e. The Kier molecular flexibility index (Phi) is 6.95. The molecule has 0 spiro atoms. The maximum Gasteiger partial charge on any atom is 0.251 e. The van der Waals surface area contributed by atoms with E-state index in [4.69, 9.17) is 0 Å². The fourth-order valence-corrected chi connectivity index (χ4v) is 5.40. The summed E-state index contributed by atoms with van der Waals surface area (Å²) in [5.74, 6) is -1.12. The number of allylic oxidation sites excluding steroid dienone is 2. The molecular weight excluding hydrogens is 440 g/mol. The van der Waals surface area contributed by atoms with Crippen LogP contribution >= 0.6 is 0 Å². The van der Waals surface area contributed by atoms with Crippen LogP contribution in [0, 0.1) is 11.8 Å². The van der Waals surface area contributed by atoms with Crippen LogP contribution in [0.5, 0.6) is 0 Å². The number of nitrogens with zero attached hydrogens (tertiary/aromatic N) is 2. The van der Waals surface area contributed by atoms with Crippen molar-refractivity contribution in [3.05, 3.63) is 77.9 Å². The van der Waals surface area contributed by atoms with Crippen molar-refractivity contribution < 1.29 is 14.4 Å². The highest BCUT2D eigenvalue weighted by atomic mass is 16.2. The second-order valence-corrected chi connectivity index (χ2v) is 9.67. The van der Waals surface area contributed by atoms with Gasteiger partial charge in [-0.2, -0.15) is 0 Å². The number of hydrogen-bond acceptors (Lipinski definition) is 4. The van der Waals surface area contributed by atoms with Gasteiger partial charge >= 0.3 is 0 Å². The number of piperidine rings is 1. The van der Waals surface area contributed by atoms with Gasteiger partial charge in [-0.3, -0.25) is 24.7 Å². The highest BCUT2D eigenvalue weighted by Gasteiger charge is 2.42. The van der Waals surface area contributed by atoms with Crippen LogP contribution in [0.15, 0.2) is 66.7 Å². The molecule has 3 aliphatic rings. The first-order valence-electron chi connectivity index (χ1n) is 12.6. The Labute approximate surface area is 206 Å². The largest absolute Gasteiger partial charge is 0.350 e. The number of fused-ring (bicyclic) bond motifs is 1. The van der Waals surface area contributed by atoms with Crippen molar-refractivity contribution in [2.75, 3.05) is 18.1 Å². The summed E-state index contributed by atoms with van der Waals surface area (Å²) in [5, 5.41) is 4.41. The Bertz CT molecular complexity index is 1120. The molecule has 7 heteroatoms. The summed E-state index contributed by atoms with van der Waals surface area (Å²) >= 11 is 0. The Morgan fingerprint density at radius 2 is 1.77 bits per heavy atom. The molecule has 182 valence electrons. The van der Waals surface area contributed by atoms with E-state index in [1.165, 1.54) is 17.0 Å². The van der Waals surface area contributed by atoms with Crippen molar-refractivity contribution in [3.8, 4) is 0 Å². The number of hydrogen-bond donors (Lipinski definition) is 2. The van der Waals surface area contributed by atoms with Crippen LogP contribution in [-0.2, 0) is 16.1 Å². The third kappa shape index (κ3) is 5.15. The van der Waals surface area contributed by atoms with E-state index in [0.717, 1.165) is 25.9 Å². The van der Waals surface area contributed by atoms with Crippen molar-refractivity contribution in [1.82, 2.24) is 15.6 Å². The van der Waals surface area contributed by atoms with E-state index in [-0.39, 0.29) is 35.6 Å². The topological polar surface area (TPSA) is 81.8 Å². The zero-order valence-corrected chi connectivity index (χ0v) is 19.9. The first-order chi connectivity index (χ1) is 17.1. The average molecular weight is 473 g/mol. The van der Waals surface area contributed by atoms with E-state index in [1.54, 1.807) is 24.3 Å². The molecule has 0 bridgehead atoms. The second-order valence-electron chi connectivity index (χ2n) is 9.67. The Balaban J connectivity index is 1.24. The summed E-state index contributed by atoms with van der Waals surface area (Å²) < 4.78 is 0. The number of hydrazine groups is 1. The SMILES string of the molecule is O=C(NCC1CCCCN1Cc1ccccc1)c1cccc(N2NC(=O)C3CC=CCC3C2=O)c1. The predicted molar refractivity (Wildman–Crippen MR) is 134 cm³/mol. The number of carbonyl (C=O) groups excluding carboxylic acids is 3. The lowest BCUT2D eigenvalue weighted by Gasteiger charge is -2.38. The van der Waals surface area contributed by atoms with E-state index in [2.05, 4.69) is 39.9 Å². The molecule has 2 fully saturated rings. The maximum atomic E-state index is 13.1. The molecule has 2 saturated heterocycles. The first-order valence-corrected chi connectivity index (χ1v) is 12.6. The quantitative estimate of drug-likeness (QED) is 0.631. The van der Waals surface area contributed by atoms with Crippen LogP contribution in [0.25, 0.3) is 0 Å². The lowest BCUT2D eigenvalue weighted by Crippen LogP contribution is -2.59. The molecule has 2 N–H and O–H groups in total. The second kappa shape index (κ2) is 10.4. The number of amides is 3. The molecule has 3 amide bonds. The molecule has 0 saturated carbocycles. The zero-order chi connectivity index (χ0) is 24.2. The van der Waals surface area contributed by atoms with Gasteiger partial charge in [0, 0.05) is 24.7 Å². The fraction of sp³-hybridized carbons (Fsp3) is 0.393. The smallest absolute Gasteiger partial charge is 0.251 e. The zero-order valence-electron chi connectivity index (χ0n) is 19.9. The standard InChI is InChI=1S/C28H32N4O3/c33-26(29-18-23-12-6-7-16-31(23)19-20-9-2-1-3-10-20)21-11-8-13-22(17-21)32-28(35)25-15-5-4-14-24(25)27(34)30-32/h1-5,8-11,13,17,23-25H,6-7,12,14-16,18-19H2,(H,29,33)(H,30,34). The summed E-state index contributed by atoms with van der Waals surface area (Å²) in [6.07, 6.45) is 8.46. The molecule has 0 radical (unpaired) electrons. The van der Waals surface area contributed by atoms with Gasteiger partial charge < -0.3 is 5.32 Å². The van der Waals surface area contributed by atoms with Crippen molar-refractivity contribution in [2.24, 2.45) is 11.8 Å². The molecule has 2 aromatic rings. The predicted octanol–water partition coefficient (Wildman–Crippen LogP) is 3.43. The molecule has 0 aromatic heterocycles. The highest BCUT2D eigenvalue weighted by molar-refractivity contribution is 6.05. The molecule has 35 heavy (non-hydrogen) atoms. The van der Waals surface area contributed by atoms with E-state index < -0.39 is 0 Å². The van der Waals surface area contributed by atoms with Crippen LogP contribution in [0.3, 0.4) is 0 Å². The average Bonchev–Trinajstić information content (AvgIpc) is 2.91. The van der Waals surface area contributed by atoms with Crippen molar-refractivity contribution >= 4 is 23.4 Å². The van der Waals surface area contributed by atoms with Gasteiger partial charge in [-0.25, -0.2) is 5.01 Å². The number of carbonyl (C=O) groups is 3. The van der Waals surface area contributed by atoms with Crippen LogP contribution in [-0.4, -0.2) is 41.8 Å². The molecule has 3 unspecified atom stereocenters. The summed E-state index contributed by atoms with van der Waals surface area (Å²) in [6, 6.07) is 17.6. The van der Waals surface area contributed by atoms with E-state index in [0.29, 0.717) is 30.6 Å². The lowest BCUT2D eigenvalue weighted by molar-refractivity contribution is -0.139. The summed E-state index contributed by atoms with van der Waals surface area (Å²) in [5.41, 5.74) is 4.99. The van der Waals surface area contributed by atoms with E-state index in [9.17, 15) is 14.4 Å². The molecular formula is C28H32N4O3. The van der Waals surface area contributed by atoms with Gasteiger partial charge in [-0.05, 0) is 56.0 Å². The Hall–Kier alpha value is -3.45. The fourth-order valence-electron chi connectivity index (χ4n) is 5.40. The van der Waals surface area contributed by atoms with Crippen LogP contribution < -0.4 is 15.8 Å². The molecule has 2 heterocycles. The lowest BCUT2D eigenvalue weighted by atomic mass is 9.80. The first kappa shape index (κ1) is 23.3. The number of anilines is 1. The van der Waals surface area contributed by atoms with Gasteiger partial charge in [0.05, 0.1) is 17.5 Å². The van der Waals surface area contributed by atoms with Gasteiger partial charge in [0.15, 0.2) is 0 Å². The summed E-state index contributed by atoms with van der Waals surface area (Å²) in [6.45, 7) is 2.48. The normalized spacial score (nSPS) is 24.6. The Morgan fingerprint density at radius 1 is 0.971 bits per heavy atom. The van der Waals surface area contributed by atoms with E-state index >= 15 is 0 Å². The minimum absolute atomic E-state index is 0.129. The molecule has 5 rings (SSSR count). The van der Waals surface area contributed by atoms with Crippen LogP contribution in [0.4, 0.5) is 5.69 Å². The van der Waals surface area contributed by atoms with Gasteiger partial charge in [-0.15, -0.1) is 0 Å². The number of rotatable bonds is 6. The van der Waals surface area contributed by atoms with Gasteiger partial charge in [0.2, 0.25) is 11.8 Å². The van der Waals surface area contributed by atoms with Crippen molar-refractivity contribution in [3.63, 3.8) is 0 Å². The minimum atomic E-state index is -0.354. The highest BCUT2D eigenvalue weighted by Crippen LogP contribution is 2.32. The van der Waals surface area contributed by atoms with Crippen LogP contribution in [0.2, 0.25) is 0 Å². The number of benzene rings is 2. The molecule has 1 aliphatic carbocycles. The van der Waals surface area contributed by atoms with E-state index in [1.807, 2.05) is 18.2 Å². The Morgan fingerprint density at radius 3 is 2.60 bits per heavy atom. The third-order valence-corrected chi connectivity index (χ3v) is 7.37. The summed E-state index contributed by atoms with van der Waals surface area (Å²) in [7, 11) is 0. The van der Waals surface area contributed by atoms with Crippen molar-refractivity contribution in [2.45, 2.75) is 44.7 Å². The van der Waals surface area contributed by atoms with Crippen LogP contribution in [0.1, 0.15) is 48.0 Å². The third-order valence-electron chi connectivity index (χ3n) is 7.37. The number of likely N-dealkylation sites (tertiary alicyclic amines) is 1. The number of nitrogens with one attached hydrogen (secondary N) is 2. The van der Waals surface area contributed by atoms with Gasteiger partial charge in [0.1, 0.15) is 0 Å². The van der Waals surface area contributed by atoms with Crippen molar-refractivity contribution in [1.29, 1.82) is 0 Å². The molecule has 3 atom stereocenters. The molecule has 2 aromatic carbocycles. The molecule has 2 aliphatic heterocycles. The maximum absolute atomic E-state index is 13.1. The molecule has 7 nitrogen and oxygen atoms in total. The van der Waals surface area contributed by atoms with Gasteiger partial charge in [0.25, 0.3) is 5.91 Å².